The normalized spacial score (nSPS) is 10.7. The van der Waals surface area contributed by atoms with Crippen LogP contribution in [-0.2, 0) is 0 Å². The van der Waals surface area contributed by atoms with Gasteiger partial charge in [0.2, 0.25) is 0 Å². The first kappa shape index (κ1) is 15.6. The third-order valence-corrected chi connectivity index (χ3v) is 3.56. The van der Waals surface area contributed by atoms with E-state index in [1.54, 1.807) is 55.5 Å². The largest absolute Gasteiger partial charge is 0.423 e. The SMILES string of the molecule is Cc1noc(-c2ccc(C(=O)Oc3ccc(-n4cnnn4)cc3)cc2)n1. The number of aromatic nitrogens is 6. The molecule has 2 aromatic heterocycles. The Balaban J connectivity index is 1.46. The number of ether oxygens (including phenoxy) is 1. The van der Waals surface area contributed by atoms with Gasteiger partial charge in [0.1, 0.15) is 12.1 Å². The fourth-order valence-electron chi connectivity index (χ4n) is 2.28. The lowest BCUT2D eigenvalue weighted by molar-refractivity contribution is 0.0735. The first-order chi connectivity index (χ1) is 12.7. The van der Waals surface area contributed by atoms with Crippen LogP contribution in [0.3, 0.4) is 0 Å². The molecule has 9 nitrogen and oxygen atoms in total. The molecule has 9 heteroatoms. The first-order valence-corrected chi connectivity index (χ1v) is 7.65. The molecule has 0 N–H and O–H groups in total. The number of carbonyl (C=O) groups excluding carboxylic acids is 1. The van der Waals surface area contributed by atoms with Crippen molar-refractivity contribution in [1.82, 2.24) is 30.3 Å². The van der Waals surface area contributed by atoms with E-state index in [0.29, 0.717) is 23.0 Å². The third kappa shape index (κ3) is 3.18. The molecule has 0 saturated carbocycles. The Labute approximate surface area is 147 Å². The van der Waals surface area contributed by atoms with E-state index < -0.39 is 5.97 Å². The molecule has 0 bridgehead atoms. The topological polar surface area (TPSA) is 109 Å². The van der Waals surface area contributed by atoms with Gasteiger partial charge in [0.05, 0.1) is 11.3 Å². The number of benzene rings is 2. The monoisotopic (exact) mass is 348 g/mol. The van der Waals surface area contributed by atoms with Crippen LogP contribution in [0.25, 0.3) is 17.1 Å². The Morgan fingerprint density at radius 2 is 1.85 bits per heavy atom. The van der Waals surface area contributed by atoms with E-state index >= 15 is 0 Å². The molecule has 0 radical (unpaired) electrons. The molecule has 4 rings (SSSR count). The van der Waals surface area contributed by atoms with Crippen LogP contribution < -0.4 is 4.74 Å². The number of aryl methyl sites for hydroxylation is 1. The molecule has 0 amide bonds. The zero-order chi connectivity index (χ0) is 17.9. The molecule has 0 fully saturated rings. The zero-order valence-corrected chi connectivity index (χ0v) is 13.6. The van der Waals surface area contributed by atoms with Crippen molar-refractivity contribution in [1.29, 1.82) is 0 Å². The van der Waals surface area contributed by atoms with Crippen molar-refractivity contribution in [3.8, 4) is 22.9 Å². The van der Waals surface area contributed by atoms with Crippen LogP contribution in [0, 0.1) is 6.92 Å². The van der Waals surface area contributed by atoms with Crippen LogP contribution in [0.4, 0.5) is 0 Å². The van der Waals surface area contributed by atoms with Crippen molar-refractivity contribution >= 4 is 5.97 Å². The second-order valence-corrected chi connectivity index (χ2v) is 5.36. The van der Waals surface area contributed by atoms with E-state index in [9.17, 15) is 4.79 Å². The predicted octanol–water partition coefficient (Wildman–Crippen LogP) is 2.24. The minimum Gasteiger partial charge on any atom is -0.423 e. The predicted molar refractivity (Wildman–Crippen MR) is 88.6 cm³/mol. The van der Waals surface area contributed by atoms with Gasteiger partial charge in [-0.25, -0.2) is 9.48 Å². The smallest absolute Gasteiger partial charge is 0.343 e. The van der Waals surface area contributed by atoms with Gasteiger partial charge < -0.3 is 9.26 Å². The van der Waals surface area contributed by atoms with Gasteiger partial charge in [0, 0.05) is 5.56 Å². The van der Waals surface area contributed by atoms with Crippen LogP contribution in [0.1, 0.15) is 16.2 Å². The molecule has 2 heterocycles. The van der Waals surface area contributed by atoms with E-state index in [0.717, 1.165) is 11.3 Å². The maximum atomic E-state index is 12.3. The molecule has 2 aromatic carbocycles. The Bertz CT molecular complexity index is 1020. The van der Waals surface area contributed by atoms with Gasteiger partial charge in [-0.05, 0) is 65.9 Å². The van der Waals surface area contributed by atoms with Gasteiger partial charge in [-0.3, -0.25) is 0 Å². The summed E-state index contributed by atoms with van der Waals surface area (Å²) in [5.41, 5.74) is 1.90. The van der Waals surface area contributed by atoms with E-state index in [1.807, 2.05) is 0 Å². The molecule has 0 aliphatic carbocycles. The van der Waals surface area contributed by atoms with Crippen molar-refractivity contribution in [2.24, 2.45) is 0 Å². The zero-order valence-electron chi connectivity index (χ0n) is 13.6. The molecule has 0 atom stereocenters. The van der Waals surface area contributed by atoms with Gasteiger partial charge in [-0.15, -0.1) is 5.10 Å². The first-order valence-electron chi connectivity index (χ1n) is 7.65. The van der Waals surface area contributed by atoms with E-state index in [-0.39, 0.29) is 0 Å². The molecule has 0 spiro atoms. The van der Waals surface area contributed by atoms with Crippen molar-refractivity contribution in [3.05, 3.63) is 66.2 Å². The fourth-order valence-corrected chi connectivity index (χ4v) is 2.28. The van der Waals surface area contributed by atoms with Crippen LogP contribution in [0.2, 0.25) is 0 Å². The maximum Gasteiger partial charge on any atom is 0.343 e. The lowest BCUT2D eigenvalue weighted by Gasteiger charge is -2.06. The molecule has 26 heavy (non-hydrogen) atoms. The van der Waals surface area contributed by atoms with Gasteiger partial charge in [0.25, 0.3) is 5.89 Å². The highest BCUT2D eigenvalue weighted by Crippen LogP contribution is 2.19. The molecule has 128 valence electrons. The van der Waals surface area contributed by atoms with Gasteiger partial charge in [-0.2, -0.15) is 4.98 Å². The number of tetrazole rings is 1. The summed E-state index contributed by atoms with van der Waals surface area (Å²) in [5.74, 6) is 0.908. The molecule has 0 aliphatic heterocycles. The van der Waals surface area contributed by atoms with Crippen LogP contribution in [0.15, 0.2) is 59.4 Å². The fraction of sp³-hybridized carbons (Fsp3) is 0.0588. The minimum absolute atomic E-state index is 0.403. The number of hydrogen-bond donors (Lipinski definition) is 0. The Hall–Kier alpha value is -3.88. The number of esters is 1. The van der Waals surface area contributed by atoms with Gasteiger partial charge in [0.15, 0.2) is 5.82 Å². The summed E-state index contributed by atoms with van der Waals surface area (Å²) < 4.78 is 12.0. The lowest BCUT2D eigenvalue weighted by atomic mass is 10.1. The summed E-state index contributed by atoms with van der Waals surface area (Å²) in [6, 6.07) is 13.6. The summed E-state index contributed by atoms with van der Waals surface area (Å²) in [6.45, 7) is 1.74. The van der Waals surface area contributed by atoms with Crippen LogP contribution >= 0.6 is 0 Å². The van der Waals surface area contributed by atoms with E-state index in [1.165, 1.54) is 11.0 Å². The standard InChI is InChI=1S/C17H12N6O3/c1-11-19-16(26-20-11)12-2-4-13(5-3-12)17(24)25-15-8-6-14(7-9-15)23-10-18-21-22-23/h2-10H,1H3. The van der Waals surface area contributed by atoms with Crippen LogP contribution in [0.5, 0.6) is 5.75 Å². The lowest BCUT2D eigenvalue weighted by Crippen LogP contribution is -2.08. The summed E-state index contributed by atoms with van der Waals surface area (Å²) >= 11 is 0. The van der Waals surface area contributed by atoms with Crippen molar-refractivity contribution in [2.45, 2.75) is 6.92 Å². The van der Waals surface area contributed by atoms with Gasteiger partial charge >= 0.3 is 5.97 Å². The Morgan fingerprint density at radius 3 is 2.46 bits per heavy atom. The number of carbonyl (C=O) groups is 1. The van der Waals surface area contributed by atoms with E-state index in [2.05, 4.69) is 25.7 Å². The quantitative estimate of drug-likeness (QED) is 0.408. The Morgan fingerprint density at radius 1 is 1.08 bits per heavy atom. The molecule has 0 unspecified atom stereocenters. The molecule has 0 aliphatic rings. The molecular weight excluding hydrogens is 336 g/mol. The highest BCUT2D eigenvalue weighted by atomic mass is 16.5. The van der Waals surface area contributed by atoms with Crippen molar-refractivity contribution < 1.29 is 14.1 Å². The highest BCUT2D eigenvalue weighted by molar-refractivity contribution is 5.91. The van der Waals surface area contributed by atoms with Crippen LogP contribution in [-0.4, -0.2) is 36.3 Å². The third-order valence-electron chi connectivity index (χ3n) is 3.56. The second kappa shape index (κ2) is 6.55. The number of nitrogens with zero attached hydrogens (tertiary/aromatic N) is 6. The molecule has 0 saturated heterocycles. The average molecular weight is 348 g/mol. The minimum atomic E-state index is -0.464. The second-order valence-electron chi connectivity index (χ2n) is 5.36. The average Bonchev–Trinajstić information content (AvgIpc) is 3.34. The Kier molecular flexibility index (Phi) is 3.94. The van der Waals surface area contributed by atoms with Gasteiger partial charge in [-0.1, -0.05) is 5.16 Å². The summed E-state index contributed by atoms with van der Waals surface area (Å²) in [5, 5.41) is 14.7. The summed E-state index contributed by atoms with van der Waals surface area (Å²) in [6.07, 6.45) is 1.48. The molecular formula is C17H12N6O3. The number of rotatable bonds is 4. The molecule has 4 aromatic rings. The van der Waals surface area contributed by atoms with E-state index in [4.69, 9.17) is 9.26 Å². The van der Waals surface area contributed by atoms with Crippen molar-refractivity contribution in [2.75, 3.05) is 0 Å². The maximum absolute atomic E-state index is 12.3. The summed E-state index contributed by atoms with van der Waals surface area (Å²) in [4.78, 5) is 16.4. The highest BCUT2D eigenvalue weighted by Gasteiger charge is 2.11. The number of hydrogen-bond acceptors (Lipinski definition) is 8. The van der Waals surface area contributed by atoms with Crippen molar-refractivity contribution in [3.63, 3.8) is 0 Å². The summed E-state index contributed by atoms with van der Waals surface area (Å²) in [7, 11) is 0.